The Kier molecular flexibility index (Phi) is 2.89. The summed E-state index contributed by atoms with van der Waals surface area (Å²) in [6, 6.07) is 6.70. The third-order valence-corrected chi connectivity index (χ3v) is 2.07. The lowest BCUT2D eigenvalue weighted by Gasteiger charge is -2.06. The Morgan fingerprint density at radius 3 is 2.50 bits per heavy atom. The summed E-state index contributed by atoms with van der Waals surface area (Å²) in [4.78, 5) is 0. The summed E-state index contributed by atoms with van der Waals surface area (Å²) in [5, 5.41) is 9.03. The molecule has 1 fully saturated rings. The number of aromatic hydroxyl groups is 1. The van der Waals surface area contributed by atoms with Gasteiger partial charge < -0.3 is 14.6 Å². The molecular weight excluding hydrogens is 180 g/mol. The van der Waals surface area contributed by atoms with Crippen LogP contribution in [-0.2, 0) is 4.74 Å². The molecule has 1 N–H and O–H groups in total. The standard InChI is InChI=1S/C11H14O3/c12-9-1-3-10(4-2-9)13-7-8-14-11-5-6-11/h1-4,11-12H,5-8H2. The normalized spacial score (nSPS) is 15.4. The molecule has 1 aromatic carbocycles. The van der Waals surface area contributed by atoms with Crippen molar-refractivity contribution in [3.05, 3.63) is 24.3 Å². The van der Waals surface area contributed by atoms with Gasteiger partial charge in [0.05, 0.1) is 12.7 Å². The van der Waals surface area contributed by atoms with E-state index in [9.17, 15) is 0 Å². The first-order valence-corrected chi connectivity index (χ1v) is 4.88. The maximum atomic E-state index is 9.03. The number of benzene rings is 1. The average Bonchev–Trinajstić information content (AvgIpc) is 2.99. The lowest BCUT2D eigenvalue weighted by molar-refractivity contribution is 0.0881. The molecule has 1 aliphatic rings. The van der Waals surface area contributed by atoms with Crippen LogP contribution < -0.4 is 4.74 Å². The van der Waals surface area contributed by atoms with Gasteiger partial charge in [0.25, 0.3) is 0 Å². The number of rotatable bonds is 5. The van der Waals surface area contributed by atoms with E-state index in [-0.39, 0.29) is 5.75 Å². The fraction of sp³-hybridized carbons (Fsp3) is 0.455. The second-order valence-corrected chi connectivity index (χ2v) is 3.41. The van der Waals surface area contributed by atoms with E-state index in [2.05, 4.69) is 0 Å². The highest BCUT2D eigenvalue weighted by Gasteiger charge is 2.21. The largest absolute Gasteiger partial charge is 0.508 e. The van der Waals surface area contributed by atoms with Crippen LogP contribution in [0.4, 0.5) is 0 Å². The van der Waals surface area contributed by atoms with E-state index in [1.165, 1.54) is 12.8 Å². The van der Waals surface area contributed by atoms with Crippen LogP contribution >= 0.6 is 0 Å². The van der Waals surface area contributed by atoms with Crippen LogP contribution in [0.15, 0.2) is 24.3 Å². The van der Waals surface area contributed by atoms with Gasteiger partial charge in [-0.1, -0.05) is 0 Å². The van der Waals surface area contributed by atoms with Crippen molar-refractivity contribution < 1.29 is 14.6 Å². The molecule has 0 radical (unpaired) electrons. The molecule has 1 saturated carbocycles. The quantitative estimate of drug-likeness (QED) is 0.728. The van der Waals surface area contributed by atoms with E-state index in [1.54, 1.807) is 24.3 Å². The molecule has 0 saturated heterocycles. The zero-order chi connectivity index (χ0) is 9.80. The van der Waals surface area contributed by atoms with Crippen molar-refractivity contribution in [3.8, 4) is 11.5 Å². The predicted molar refractivity (Wildman–Crippen MR) is 52.6 cm³/mol. The van der Waals surface area contributed by atoms with Crippen LogP contribution in [0.2, 0.25) is 0 Å². The Hall–Kier alpha value is -1.22. The minimum Gasteiger partial charge on any atom is -0.508 e. The van der Waals surface area contributed by atoms with Crippen molar-refractivity contribution in [2.45, 2.75) is 18.9 Å². The first kappa shape index (κ1) is 9.34. The van der Waals surface area contributed by atoms with Crippen molar-refractivity contribution in [1.82, 2.24) is 0 Å². The van der Waals surface area contributed by atoms with Crippen molar-refractivity contribution in [2.24, 2.45) is 0 Å². The van der Waals surface area contributed by atoms with Gasteiger partial charge in [0.1, 0.15) is 18.1 Å². The second-order valence-electron chi connectivity index (χ2n) is 3.41. The zero-order valence-electron chi connectivity index (χ0n) is 7.98. The highest BCUT2D eigenvalue weighted by atomic mass is 16.5. The van der Waals surface area contributed by atoms with Gasteiger partial charge in [-0.25, -0.2) is 0 Å². The van der Waals surface area contributed by atoms with Gasteiger partial charge in [0.2, 0.25) is 0 Å². The Balaban J connectivity index is 1.66. The Labute approximate surface area is 83.3 Å². The number of phenolic OH excluding ortho intramolecular Hbond substituents is 1. The molecule has 0 heterocycles. The smallest absolute Gasteiger partial charge is 0.119 e. The van der Waals surface area contributed by atoms with Gasteiger partial charge in [-0.15, -0.1) is 0 Å². The number of hydrogen-bond acceptors (Lipinski definition) is 3. The summed E-state index contributed by atoms with van der Waals surface area (Å²) in [5.41, 5.74) is 0. The molecule has 0 atom stereocenters. The molecule has 76 valence electrons. The molecule has 2 rings (SSSR count). The van der Waals surface area contributed by atoms with E-state index < -0.39 is 0 Å². The van der Waals surface area contributed by atoms with Crippen LogP contribution in [0.25, 0.3) is 0 Å². The fourth-order valence-electron chi connectivity index (χ4n) is 1.15. The number of ether oxygens (including phenoxy) is 2. The molecule has 1 aromatic rings. The topological polar surface area (TPSA) is 38.7 Å². The van der Waals surface area contributed by atoms with Crippen LogP contribution in [0.1, 0.15) is 12.8 Å². The van der Waals surface area contributed by atoms with Crippen LogP contribution in [0, 0.1) is 0 Å². The summed E-state index contributed by atoms with van der Waals surface area (Å²) < 4.78 is 10.8. The first-order chi connectivity index (χ1) is 6.84. The SMILES string of the molecule is Oc1ccc(OCCOC2CC2)cc1. The Bertz CT molecular complexity index is 277. The monoisotopic (exact) mass is 194 g/mol. The molecule has 0 aromatic heterocycles. The fourth-order valence-corrected chi connectivity index (χ4v) is 1.15. The second kappa shape index (κ2) is 4.33. The number of phenols is 1. The minimum absolute atomic E-state index is 0.256. The van der Waals surface area contributed by atoms with Crippen molar-refractivity contribution in [1.29, 1.82) is 0 Å². The summed E-state index contributed by atoms with van der Waals surface area (Å²) in [7, 11) is 0. The zero-order valence-corrected chi connectivity index (χ0v) is 7.98. The predicted octanol–water partition coefficient (Wildman–Crippen LogP) is 1.95. The molecule has 0 amide bonds. The molecule has 14 heavy (non-hydrogen) atoms. The molecule has 0 unspecified atom stereocenters. The summed E-state index contributed by atoms with van der Waals surface area (Å²) in [5.74, 6) is 1.02. The summed E-state index contributed by atoms with van der Waals surface area (Å²) in [6.07, 6.45) is 2.87. The average molecular weight is 194 g/mol. The van der Waals surface area contributed by atoms with E-state index in [4.69, 9.17) is 14.6 Å². The molecular formula is C11H14O3. The number of hydrogen-bond donors (Lipinski definition) is 1. The van der Waals surface area contributed by atoms with Crippen molar-refractivity contribution in [3.63, 3.8) is 0 Å². The maximum absolute atomic E-state index is 9.03. The molecule has 0 spiro atoms. The van der Waals surface area contributed by atoms with E-state index in [0.717, 1.165) is 5.75 Å². The van der Waals surface area contributed by atoms with Gasteiger partial charge in [0, 0.05) is 0 Å². The molecule has 3 heteroatoms. The summed E-state index contributed by atoms with van der Waals surface area (Å²) in [6.45, 7) is 1.22. The lowest BCUT2D eigenvalue weighted by Crippen LogP contribution is -2.07. The van der Waals surface area contributed by atoms with Crippen LogP contribution in [0.5, 0.6) is 11.5 Å². The Morgan fingerprint density at radius 1 is 1.14 bits per heavy atom. The summed E-state index contributed by atoms with van der Waals surface area (Å²) >= 11 is 0. The molecule has 0 aliphatic heterocycles. The Morgan fingerprint density at radius 2 is 1.86 bits per heavy atom. The van der Waals surface area contributed by atoms with Crippen molar-refractivity contribution >= 4 is 0 Å². The van der Waals surface area contributed by atoms with Crippen LogP contribution in [-0.4, -0.2) is 24.4 Å². The van der Waals surface area contributed by atoms with Gasteiger partial charge >= 0.3 is 0 Å². The molecule has 0 bridgehead atoms. The van der Waals surface area contributed by atoms with Gasteiger partial charge in [-0.2, -0.15) is 0 Å². The van der Waals surface area contributed by atoms with E-state index in [0.29, 0.717) is 19.3 Å². The third kappa shape index (κ3) is 2.92. The highest BCUT2D eigenvalue weighted by Crippen LogP contribution is 2.23. The lowest BCUT2D eigenvalue weighted by atomic mass is 10.3. The first-order valence-electron chi connectivity index (χ1n) is 4.88. The van der Waals surface area contributed by atoms with Crippen LogP contribution in [0.3, 0.4) is 0 Å². The molecule has 3 nitrogen and oxygen atoms in total. The highest BCUT2D eigenvalue weighted by molar-refractivity contribution is 5.29. The van der Waals surface area contributed by atoms with Gasteiger partial charge in [0.15, 0.2) is 0 Å². The van der Waals surface area contributed by atoms with E-state index in [1.807, 2.05) is 0 Å². The maximum Gasteiger partial charge on any atom is 0.119 e. The van der Waals surface area contributed by atoms with Gasteiger partial charge in [-0.05, 0) is 37.1 Å². The molecule has 1 aliphatic carbocycles. The van der Waals surface area contributed by atoms with Gasteiger partial charge in [-0.3, -0.25) is 0 Å². The minimum atomic E-state index is 0.256. The van der Waals surface area contributed by atoms with E-state index >= 15 is 0 Å². The van der Waals surface area contributed by atoms with Crippen molar-refractivity contribution in [2.75, 3.05) is 13.2 Å². The third-order valence-electron chi connectivity index (χ3n) is 2.07.